The van der Waals surface area contributed by atoms with E-state index in [1.807, 2.05) is 12.1 Å². The molecule has 0 atom stereocenters. The van der Waals surface area contributed by atoms with Crippen molar-refractivity contribution >= 4 is 0 Å². The van der Waals surface area contributed by atoms with E-state index >= 15 is 0 Å². The lowest BCUT2D eigenvalue weighted by Gasteiger charge is -2.34. The van der Waals surface area contributed by atoms with Gasteiger partial charge in [0, 0.05) is 18.6 Å². The van der Waals surface area contributed by atoms with Crippen molar-refractivity contribution < 1.29 is 4.74 Å². The summed E-state index contributed by atoms with van der Waals surface area (Å²) in [7, 11) is 3.82. The highest BCUT2D eigenvalue weighted by Gasteiger charge is 2.20. The van der Waals surface area contributed by atoms with Crippen LogP contribution in [0.15, 0.2) is 24.3 Å². The predicted octanol–water partition coefficient (Wildman–Crippen LogP) is 1.91. The molecule has 0 radical (unpaired) electrons. The van der Waals surface area contributed by atoms with Gasteiger partial charge in [-0.3, -0.25) is 4.90 Å². The molecule has 1 rings (SSSR count). The van der Waals surface area contributed by atoms with Crippen molar-refractivity contribution in [2.45, 2.75) is 25.8 Å². The maximum absolute atomic E-state index is 5.76. The van der Waals surface area contributed by atoms with Crippen LogP contribution in [0.2, 0.25) is 0 Å². The molecule has 0 saturated carbocycles. The molecule has 0 unspecified atom stereocenters. The normalized spacial score (nSPS) is 11.9. The minimum atomic E-state index is 0.0544. The van der Waals surface area contributed by atoms with Gasteiger partial charge in [-0.15, -0.1) is 0 Å². The van der Waals surface area contributed by atoms with Gasteiger partial charge in [0.15, 0.2) is 0 Å². The Bertz CT molecular complexity index is 350. The lowest BCUT2D eigenvalue weighted by atomic mass is 10.0. The predicted molar refractivity (Wildman–Crippen MR) is 72.5 cm³/mol. The molecule has 0 saturated heterocycles. The van der Waals surface area contributed by atoms with Crippen LogP contribution in [0.5, 0.6) is 5.75 Å². The van der Waals surface area contributed by atoms with Crippen molar-refractivity contribution in [3.8, 4) is 5.75 Å². The lowest BCUT2D eigenvalue weighted by Crippen LogP contribution is -2.47. The summed E-state index contributed by atoms with van der Waals surface area (Å²) in [5.74, 6) is 0.920. The van der Waals surface area contributed by atoms with E-state index in [0.29, 0.717) is 6.54 Å². The number of likely N-dealkylation sites (N-methyl/N-ethyl adjacent to an activating group) is 1. The van der Waals surface area contributed by atoms with Gasteiger partial charge in [-0.2, -0.15) is 0 Å². The SMILES string of the molecule is COc1cccc(CCN(C)C(C)(C)CN)c1. The standard InChI is InChI=1S/C14H24N2O/c1-14(2,11-15)16(3)9-8-12-6-5-7-13(10-12)17-4/h5-7,10H,8-9,11,15H2,1-4H3. The summed E-state index contributed by atoms with van der Waals surface area (Å²) in [6.45, 7) is 6.00. The summed E-state index contributed by atoms with van der Waals surface area (Å²) in [5.41, 5.74) is 7.11. The van der Waals surface area contributed by atoms with Crippen LogP contribution < -0.4 is 10.5 Å². The molecule has 3 heteroatoms. The van der Waals surface area contributed by atoms with Gasteiger partial charge in [-0.25, -0.2) is 0 Å². The zero-order valence-electron chi connectivity index (χ0n) is 11.4. The van der Waals surface area contributed by atoms with Gasteiger partial charge in [-0.05, 0) is 45.0 Å². The summed E-state index contributed by atoms with van der Waals surface area (Å²) in [6.07, 6.45) is 1.01. The molecule has 0 aromatic heterocycles. The van der Waals surface area contributed by atoms with Gasteiger partial charge in [0.25, 0.3) is 0 Å². The fourth-order valence-electron chi connectivity index (χ4n) is 1.58. The first-order valence-corrected chi connectivity index (χ1v) is 6.04. The maximum atomic E-state index is 5.76. The molecule has 0 fully saturated rings. The number of nitrogens with zero attached hydrogens (tertiary/aromatic N) is 1. The minimum Gasteiger partial charge on any atom is -0.497 e. The molecule has 0 aliphatic carbocycles. The maximum Gasteiger partial charge on any atom is 0.119 e. The molecule has 17 heavy (non-hydrogen) atoms. The van der Waals surface area contributed by atoms with E-state index in [1.165, 1.54) is 5.56 Å². The molecule has 0 spiro atoms. The average Bonchev–Trinajstić information content (AvgIpc) is 2.36. The van der Waals surface area contributed by atoms with E-state index in [9.17, 15) is 0 Å². The second-order valence-corrected chi connectivity index (χ2v) is 5.04. The second-order valence-electron chi connectivity index (χ2n) is 5.04. The van der Waals surface area contributed by atoms with Crippen molar-refractivity contribution in [1.29, 1.82) is 0 Å². The fraction of sp³-hybridized carbons (Fsp3) is 0.571. The van der Waals surface area contributed by atoms with Crippen LogP contribution in [0.25, 0.3) is 0 Å². The van der Waals surface area contributed by atoms with Crippen molar-refractivity contribution in [3.63, 3.8) is 0 Å². The smallest absolute Gasteiger partial charge is 0.119 e. The van der Waals surface area contributed by atoms with Crippen LogP contribution in [0.3, 0.4) is 0 Å². The van der Waals surface area contributed by atoms with Crippen molar-refractivity contribution in [2.24, 2.45) is 5.73 Å². The molecule has 3 nitrogen and oxygen atoms in total. The van der Waals surface area contributed by atoms with Crippen LogP contribution in [0.4, 0.5) is 0 Å². The van der Waals surface area contributed by atoms with E-state index in [4.69, 9.17) is 10.5 Å². The Balaban J connectivity index is 2.55. The number of hydrogen-bond donors (Lipinski definition) is 1. The van der Waals surface area contributed by atoms with E-state index in [-0.39, 0.29) is 5.54 Å². The third kappa shape index (κ3) is 4.02. The zero-order valence-corrected chi connectivity index (χ0v) is 11.4. The first kappa shape index (κ1) is 14.0. The summed E-state index contributed by atoms with van der Waals surface area (Å²) < 4.78 is 5.22. The number of hydrogen-bond acceptors (Lipinski definition) is 3. The number of ether oxygens (including phenoxy) is 1. The molecule has 96 valence electrons. The minimum absolute atomic E-state index is 0.0544. The Morgan fingerprint density at radius 3 is 2.65 bits per heavy atom. The van der Waals surface area contributed by atoms with Crippen LogP contribution in [0, 0.1) is 0 Å². The summed E-state index contributed by atoms with van der Waals surface area (Å²) in [4.78, 5) is 2.30. The molecule has 0 heterocycles. The highest BCUT2D eigenvalue weighted by molar-refractivity contribution is 5.28. The van der Waals surface area contributed by atoms with Gasteiger partial charge in [-0.1, -0.05) is 12.1 Å². The Kier molecular flexibility index (Phi) is 4.97. The Labute approximate surface area is 105 Å². The van der Waals surface area contributed by atoms with Gasteiger partial charge < -0.3 is 10.5 Å². The Morgan fingerprint density at radius 1 is 1.35 bits per heavy atom. The second kappa shape index (κ2) is 6.03. The first-order valence-electron chi connectivity index (χ1n) is 6.04. The van der Waals surface area contributed by atoms with Crippen molar-refractivity contribution in [2.75, 3.05) is 27.2 Å². The summed E-state index contributed by atoms with van der Waals surface area (Å²) in [5, 5.41) is 0. The number of methoxy groups -OCH3 is 1. The number of rotatable bonds is 6. The van der Waals surface area contributed by atoms with Gasteiger partial charge in [0.05, 0.1) is 7.11 Å². The van der Waals surface area contributed by atoms with Gasteiger partial charge >= 0.3 is 0 Å². The van der Waals surface area contributed by atoms with Crippen molar-refractivity contribution in [1.82, 2.24) is 4.90 Å². The largest absolute Gasteiger partial charge is 0.497 e. The Hall–Kier alpha value is -1.06. The van der Waals surface area contributed by atoms with Crippen LogP contribution in [-0.4, -0.2) is 37.7 Å². The summed E-state index contributed by atoms with van der Waals surface area (Å²) >= 11 is 0. The molecule has 0 bridgehead atoms. The molecule has 0 amide bonds. The topological polar surface area (TPSA) is 38.5 Å². The molecular weight excluding hydrogens is 212 g/mol. The van der Waals surface area contributed by atoms with E-state index < -0.39 is 0 Å². The molecule has 2 N–H and O–H groups in total. The van der Waals surface area contributed by atoms with Crippen LogP contribution in [-0.2, 0) is 6.42 Å². The van der Waals surface area contributed by atoms with Gasteiger partial charge in [0.1, 0.15) is 5.75 Å². The van der Waals surface area contributed by atoms with E-state index in [2.05, 4.69) is 37.9 Å². The Morgan fingerprint density at radius 2 is 2.06 bits per heavy atom. The molecule has 0 aliphatic rings. The molecule has 0 aliphatic heterocycles. The van der Waals surface area contributed by atoms with E-state index in [1.54, 1.807) is 7.11 Å². The quantitative estimate of drug-likeness (QED) is 0.820. The van der Waals surface area contributed by atoms with Crippen molar-refractivity contribution in [3.05, 3.63) is 29.8 Å². The first-order chi connectivity index (χ1) is 7.99. The summed E-state index contributed by atoms with van der Waals surface area (Å²) in [6, 6.07) is 8.22. The highest BCUT2D eigenvalue weighted by Crippen LogP contribution is 2.15. The molecule has 1 aromatic rings. The zero-order chi connectivity index (χ0) is 12.9. The molecule has 1 aromatic carbocycles. The monoisotopic (exact) mass is 236 g/mol. The average molecular weight is 236 g/mol. The lowest BCUT2D eigenvalue weighted by molar-refractivity contribution is 0.166. The third-order valence-corrected chi connectivity index (χ3v) is 3.40. The molecular formula is C14H24N2O. The third-order valence-electron chi connectivity index (χ3n) is 3.40. The number of nitrogens with two attached hydrogens (primary N) is 1. The van der Waals surface area contributed by atoms with Crippen LogP contribution >= 0.6 is 0 Å². The highest BCUT2D eigenvalue weighted by atomic mass is 16.5. The fourth-order valence-corrected chi connectivity index (χ4v) is 1.58. The van der Waals surface area contributed by atoms with E-state index in [0.717, 1.165) is 18.7 Å². The van der Waals surface area contributed by atoms with Crippen LogP contribution in [0.1, 0.15) is 19.4 Å². The number of benzene rings is 1. The van der Waals surface area contributed by atoms with Gasteiger partial charge in [0.2, 0.25) is 0 Å².